The van der Waals surface area contributed by atoms with Crippen LogP contribution < -0.4 is 37.6 Å². The Kier molecular flexibility index (Phi) is 6.22. The molecular formula is C17H29N7O. The maximum atomic E-state index is 12.3. The van der Waals surface area contributed by atoms with Crippen LogP contribution in [0.5, 0.6) is 0 Å². The summed E-state index contributed by atoms with van der Waals surface area (Å²) >= 11 is 0. The molecule has 8 nitrogen and oxygen atoms in total. The first-order valence-corrected chi connectivity index (χ1v) is 8.97. The van der Waals surface area contributed by atoms with Crippen LogP contribution in [0.15, 0.2) is 24.3 Å². The normalized spacial score (nSPS) is 28.9. The Morgan fingerprint density at radius 2 is 2.00 bits per heavy atom. The maximum Gasteiger partial charge on any atom is 0.318 e. The molecule has 2 heterocycles. The average Bonchev–Trinajstić information content (AvgIpc) is 2.59. The molecule has 0 aromatic heterocycles. The first-order valence-electron chi connectivity index (χ1n) is 8.97. The van der Waals surface area contributed by atoms with E-state index in [1.165, 1.54) is 11.1 Å². The molecule has 3 rings (SSSR count). The molecule has 8 heteroatoms. The number of fused-ring (bicyclic) bond motifs is 1. The molecule has 4 atom stereocenters. The molecule has 1 aromatic carbocycles. The fourth-order valence-corrected chi connectivity index (χ4v) is 3.39. The summed E-state index contributed by atoms with van der Waals surface area (Å²) in [6.45, 7) is 4.20. The predicted octanol–water partition coefficient (Wildman–Crippen LogP) is -0.913. The third-order valence-corrected chi connectivity index (χ3v) is 4.61. The summed E-state index contributed by atoms with van der Waals surface area (Å²) in [5.41, 5.74) is 8.11. The van der Waals surface area contributed by atoms with Gasteiger partial charge in [-0.3, -0.25) is 16.0 Å². The van der Waals surface area contributed by atoms with Crippen LogP contribution in [-0.4, -0.2) is 43.8 Å². The van der Waals surface area contributed by atoms with Crippen LogP contribution >= 0.6 is 0 Å². The molecule has 1 aromatic rings. The highest BCUT2D eigenvalue weighted by Crippen LogP contribution is 2.15. The van der Waals surface area contributed by atoms with Gasteiger partial charge in [0.25, 0.3) is 0 Å². The molecule has 0 spiro atoms. The first kappa shape index (κ1) is 18.1. The number of hydrogen-bond acceptors (Lipinski definition) is 6. The Labute approximate surface area is 148 Å². The van der Waals surface area contributed by atoms with E-state index in [4.69, 9.17) is 5.73 Å². The number of urea groups is 1. The summed E-state index contributed by atoms with van der Waals surface area (Å²) in [4.78, 5) is 12.3. The third-order valence-electron chi connectivity index (χ3n) is 4.61. The van der Waals surface area contributed by atoms with Crippen LogP contribution in [0.2, 0.25) is 0 Å². The summed E-state index contributed by atoms with van der Waals surface area (Å²) < 4.78 is 0. The number of carbonyl (C=O) groups excluding carboxylic acids is 1. The van der Waals surface area contributed by atoms with Gasteiger partial charge < -0.3 is 21.7 Å². The molecule has 4 unspecified atom stereocenters. The van der Waals surface area contributed by atoms with Gasteiger partial charge in [-0.25, -0.2) is 4.79 Å². The van der Waals surface area contributed by atoms with Gasteiger partial charge in [-0.2, -0.15) is 0 Å². The van der Waals surface area contributed by atoms with E-state index in [9.17, 15) is 4.79 Å². The van der Waals surface area contributed by atoms with Crippen molar-refractivity contribution in [3.63, 3.8) is 0 Å². The highest BCUT2D eigenvalue weighted by molar-refractivity contribution is 5.74. The zero-order valence-corrected chi connectivity index (χ0v) is 14.6. The summed E-state index contributed by atoms with van der Waals surface area (Å²) in [6, 6.07) is 8.40. The Hall–Kier alpha value is -1.71. The van der Waals surface area contributed by atoms with E-state index >= 15 is 0 Å². The number of carbonyl (C=O) groups is 1. The van der Waals surface area contributed by atoms with Crippen molar-refractivity contribution < 1.29 is 4.79 Å². The molecule has 1 fully saturated rings. The van der Waals surface area contributed by atoms with Crippen molar-refractivity contribution in [2.45, 2.75) is 51.0 Å². The second-order valence-corrected chi connectivity index (χ2v) is 6.72. The predicted molar refractivity (Wildman–Crippen MR) is 97.4 cm³/mol. The monoisotopic (exact) mass is 347 g/mol. The van der Waals surface area contributed by atoms with Crippen molar-refractivity contribution in [1.29, 1.82) is 0 Å². The van der Waals surface area contributed by atoms with Crippen molar-refractivity contribution in [3.05, 3.63) is 35.4 Å². The van der Waals surface area contributed by atoms with Gasteiger partial charge in [0.05, 0.1) is 12.3 Å². The molecule has 2 amide bonds. The molecule has 0 bridgehead atoms. The summed E-state index contributed by atoms with van der Waals surface area (Å²) in [5.74, 6) is 0. The van der Waals surface area contributed by atoms with Crippen LogP contribution in [-0.2, 0) is 13.0 Å². The zero-order chi connectivity index (χ0) is 17.6. The molecule has 1 saturated heterocycles. The van der Waals surface area contributed by atoms with E-state index in [0.29, 0.717) is 12.6 Å². The lowest BCUT2D eigenvalue weighted by Crippen LogP contribution is -2.69. The molecular weight excluding hydrogens is 318 g/mol. The Morgan fingerprint density at radius 3 is 2.80 bits per heavy atom. The lowest BCUT2D eigenvalue weighted by molar-refractivity contribution is 0.185. The summed E-state index contributed by atoms with van der Waals surface area (Å²) in [5, 5.41) is 19.3. The van der Waals surface area contributed by atoms with E-state index in [1.54, 1.807) is 0 Å². The largest absolute Gasteiger partial charge is 0.329 e. The third kappa shape index (κ3) is 5.13. The van der Waals surface area contributed by atoms with E-state index in [2.05, 4.69) is 51.0 Å². The zero-order valence-electron chi connectivity index (χ0n) is 14.6. The maximum absolute atomic E-state index is 12.3. The minimum Gasteiger partial charge on any atom is -0.329 e. The molecule has 0 saturated carbocycles. The molecule has 138 valence electrons. The molecule has 2 aliphatic rings. The van der Waals surface area contributed by atoms with Crippen LogP contribution in [0.4, 0.5) is 4.79 Å². The van der Waals surface area contributed by atoms with Gasteiger partial charge in [-0.05, 0) is 24.5 Å². The smallest absolute Gasteiger partial charge is 0.318 e. The standard InChI is InChI=1S/C17H29N7O/c1-11-8-14(19-7-6-18)22-16(21-11)24-17(25)23-15-9-12-4-2-3-5-13(12)10-20-15/h2-5,11,14-16,19-22H,6-10,18H2,1H3,(H2,23,24,25). The lowest BCUT2D eigenvalue weighted by Gasteiger charge is -2.37. The van der Waals surface area contributed by atoms with Crippen molar-refractivity contribution in [3.8, 4) is 0 Å². The fraction of sp³-hybridized carbons (Fsp3) is 0.588. The average molecular weight is 347 g/mol. The minimum absolute atomic E-state index is 0.0675. The minimum atomic E-state index is -0.282. The van der Waals surface area contributed by atoms with Crippen molar-refractivity contribution in [1.82, 2.24) is 31.9 Å². The van der Waals surface area contributed by atoms with Gasteiger partial charge in [-0.1, -0.05) is 24.3 Å². The lowest BCUT2D eigenvalue weighted by atomic mass is 9.99. The van der Waals surface area contributed by atoms with Gasteiger partial charge in [-0.15, -0.1) is 0 Å². The van der Waals surface area contributed by atoms with Gasteiger partial charge >= 0.3 is 6.03 Å². The number of hydrogen-bond donors (Lipinski definition) is 7. The van der Waals surface area contributed by atoms with Gasteiger partial charge in [0.1, 0.15) is 6.29 Å². The first-order chi connectivity index (χ1) is 12.1. The van der Waals surface area contributed by atoms with E-state index in [0.717, 1.165) is 25.9 Å². The van der Waals surface area contributed by atoms with Crippen LogP contribution in [0.1, 0.15) is 24.5 Å². The quantitative estimate of drug-likeness (QED) is 0.371. The van der Waals surface area contributed by atoms with Crippen molar-refractivity contribution in [2.75, 3.05) is 13.1 Å². The number of benzene rings is 1. The molecule has 8 N–H and O–H groups in total. The summed E-state index contributed by atoms with van der Waals surface area (Å²) in [7, 11) is 0. The van der Waals surface area contributed by atoms with Crippen molar-refractivity contribution in [2.24, 2.45) is 5.73 Å². The van der Waals surface area contributed by atoms with Gasteiger partial charge in [0.15, 0.2) is 0 Å². The Bertz CT molecular complexity index is 582. The molecule has 2 aliphatic heterocycles. The topological polar surface area (TPSA) is 115 Å². The van der Waals surface area contributed by atoms with E-state index in [1.807, 2.05) is 12.1 Å². The van der Waals surface area contributed by atoms with Crippen LogP contribution in [0.3, 0.4) is 0 Å². The molecule has 0 radical (unpaired) electrons. The Morgan fingerprint density at radius 1 is 1.20 bits per heavy atom. The number of nitrogens with two attached hydrogens (primary N) is 1. The molecule has 25 heavy (non-hydrogen) atoms. The fourth-order valence-electron chi connectivity index (χ4n) is 3.39. The number of nitrogens with one attached hydrogen (secondary N) is 6. The molecule has 0 aliphatic carbocycles. The number of amides is 2. The van der Waals surface area contributed by atoms with E-state index < -0.39 is 0 Å². The summed E-state index contributed by atoms with van der Waals surface area (Å²) in [6.07, 6.45) is 1.49. The van der Waals surface area contributed by atoms with Crippen molar-refractivity contribution >= 4 is 6.03 Å². The van der Waals surface area contributed by atoms with Crippen LogP contribution in [0, 0.1) is 0 Å². The second kappa shape index (κ2) is 8.59. The highest BCUT2D eigenvalue weighted by Gasteiger charge is 2.26. The highest BCUT2D eigenvalue weighted by atomic mass is 16.2. The van der Waals surface area contributed by atoms with E-state index in [-0.39, 0.29) is 24.7 Å². The second-order valence-electron chi connectivity index (χ2n) is 6.72. The number of rotatable bonds is 5. The Balaban J connectivity index is 1.47. The SMILES string of the molecule is CC1CC(NCCN)NC(NC(=O)NC2Cc3ccccc3CN2)N1. The van der Waals surface area contributed by atoms with Gasteiger partial charge in [0.2, 0.25) is 0 Å². The van der Waals surface area contributed by atoms with Gasteiger partial charge in [0, 0.05) is 32.1 Å². The van der Waals surface area contributed by atoms with Crippen LogP contribution in [0.25, 0.3) is 0 Å².